The molecule has 0 radical (unpaired) electrons. The summed E-state index contributed by atoms with van der Waals surface area (Å²) < 4.78 is 28.9. The van der Waals surface area contributed by atoms with Crippen molar-refractivity contribution < 1.29 is 13.5 Å². The quantitative estimate of drug-likeness (QED) is 0.858. The Balaban J connectivity index is 2.20. The third-order valence-electron chi connectivity index (χ3n) is 3.24. The van der Waals surface area contributed by atoms with E-state index in [1.807, 2.05) is 44.2 Å². The van der Waals surface area contributed by atoms with E-state index in [1.54, 1.807) is 10.8 Å². The second kappa shape index (κ2) is 6.43. The molecule has 0 bridgehead atoms. The highest BCUT2D eigenvalue weighted by atomic mass is 32.2. The third kappa shape index (κ3) is 3.72. The van der Waals surface area contributed by atoms with Gasteiger partial charge >= 0.3 is 0 Å². The second-order valence-corrected chi connectivity index (χ2v) is 6.90. The Labute approximate surface area is 125 Å². The molecule has 5 nitrogen and oxygen atoms in total. The molecule has 0 aliphatic rings. The van der Waals surface area contributed by atoms with Crippen LogP contribution in [-0.2, 0) is 23.2 Å². The van der Waals surface area contributed by atoms with Crippen molar-refractivity contribution in [2.75, 3.05) is 0 Å². The lowest BCUT2D eigenvalue weighted by atomic mass is 10.2. The lowest BCUT2D eigenvalue weighted by Crippen LogP contribution is -2.22. The average molecular weight is 308 g/mol. The number of benzene rings is 1. The number of aliphatic hydroxyl groups excluding tert-OH is 1. The first-order valence-corrected chi connectivity index (χ1v) is 8.27. The van der Waals surface area contributed by atoms with Gasteiger partial charge in [0.05, 0.1) is 11.5 Å². The third-order valence-corrected chi connectivity index (χ3v) is 4.61. The second-order valence-electron chi connectivity index (χ2n) is 5.14. The minimum absolute atomic E-state index is 0.0882. The van der Waals surface area contributed by atoms with E-state index in [4.69, 9.17) is 0 Å². The first-order chi connectivity index (χ1) is 9.94. The Kier molecular flexibility index (Phi) is 4.82. The summed E-state index contributed by atoms with van der Waals surface area (Å²) in [6.45, 7) is 3.93. The Bertz CT molecular complexity index is 691. The van der Waals surface area contributed by atoms with E-state index >= 15 is 0 Å². The topological polar surface area (TPSA) is 71.3 Å². The molecule has 21 heavy (non-hydrogen) atoms. The molecule has 0 spiro atoms. The van der Waals surface area contributed by atoms with E-state index in [1.165, 1.54) is 6.07 Å². The molecule has 0 aliphatic carbocycles. The van der Waals surface area contributed by atoms with Crippen molar-refractivity contribution >= 4 is 10.0 Å². The zero-order valence-corrected chi connectivity index (χ0v) is 13.0. The van der Waals surface area contributed by atoms with Crippen LogP contribution in [0.2, 0.25) is 0 Å². The van der Waals surface area contributed by atoms with Gasteiger partial charge in [-0.3, -0.25) is 0 Å². The SMILES string of the molecule is CC(C)n1cc(S(=O)(=O)NCc2ccccc2)cc1CO. The van der Waals surface area contributed by atoms with Gasteiger partial charge in [0.1, 0.15) is 0 Å². The van der Waals surface area contributed by atoms with Crippen molar-refractivity contribution in [3.8, 4) is 0 Å². The van der Waals surface area contributed by atoms with E-state index < -0.39 is 10.0 Å². The van der Waals surface area contributed by atoms with Crippen LogP contribution < -0.4 is 4.72 Å². The largest absolute Gasteiger partial charge is 0.390 e. The zero-order valence-electron chi connectivity index (χ0n) is 12.2. The first kappa shape index (κ1) is 15.8. The Morgan fingerprint density at radius 3 is 2.43 bits per heavy atom. The van der Waals surface area contributed by atoms with Crippen molar-refractivity contribution in [3.63, 3.8) is 0 Å². The fourth-order valence-corrected chi connectivity index (χ4v) is 3.18. The Hall–Kier alpha value is -1.63. The molecule has 0 fully saturated rings. The number of rotatable bonds is 6. The molecule has 1 aromatic heterocycles. The molecule has 0 amide bonds. The first-order valence-electron chi connectivity index (χ1n) is 6.79. The molecule has 0 atom stereocenters. The van der Waals surface area contributed by atoms with Crippen LogP contribution in [-0.4, -0.2) is 18.1 Å². The van der Waals surface area contributed by atoms with Gasteiger partial charge in [-0.25, -0.2) is 13.1 Å². The van der Waals surface area contributed by atoms with Crippen molar-refractivity contribution in [1.29, 1.82) is 0 Å². The highest BCUT2D eigenvalue weighted by molar-refractivity contribution is 7.89. The summed E-state index contributed by atoms with van der Waals surface area (Å²) in [6.07, 6.45) is 1.56. The molecule has 6 heteroatoms. The van der Waals surface area contributed by atoms with Gasteiger partial charge in [0.15, 0.2) is 0 Å². The zero-order chi connectivity index (χ0) is 15.5. The highest BCUT2D eigenvalue weighted by Crippen LogP contribution is 2.19. The van der Waals surface area contributed by atoms with Crippen molar-refractivity contribution in [1.82, 2.24) is 9.29 Å². The monoisotopic (exact) mass is 308 g/mol. The van der Waals surface area contributed by atoms with Crippen LogP contribution in [0.3, 0.4) is 0 Å². The van der Waals surface area contributed by atoms with Gasteiger partial charge in [0.25, 0.3) is 0 Å². The fourth-order valence-electron chi connectivity index (χ4n) is 2.11. The maximum absolute atomic E-state index is 12.3. The summed E-state index contributed by atoms with van der Waals surface area (Å²) in [5, 5.41) is 9.32. The van der Waals surface area contributed by atoms with E-state index in [9.17, 15) is 13.5 Å². The molecule has 2 aromatic rings. The minimum atomic E-state index is -3.59. The summed E-state index contributed by atoms with van der Waals surface area (Å²) in [4.78, 5) is 0.177. The predicted octanol–water partition coefficient (Wildman–Crippen LogP) is 2.04. The van der Waals surface area contributed by atoms with Crippen LogP contribution in [0.1, 0.15) is 31.1 Å². The van der Waals surface area contributed by atoms with Crippen LogP contribution in [0.15, 0.2) is 47.5 Å². The van der Waals surface area contributed by atoms with Crippen molar-refractivity contribution in [2.24, 2.45) is 0 Å². The lowest BCUT2D eigenvalue weighted by molar-refractivity contribution is 0.268. The molecule has 0 unspecified atom stereocenters. The molecule has 0 aliphatic heterocycles. The molecule has 2 rings (SSSR count). The molecule has 114 valence electrons. The fraction of sp³-hybridized carbons (Fsp3) is 0.333. The normalized spacial score (nSPS) is 12.0. The number of hydrogen-bond donors (Lipinski definition) is 2. The van der Waals surface area contributed by atoms with Crippen LogP contribution in [0.4, 0.5) is 0 Å². The Morgan fingerprint density at radius 2 is 1.90 bits per heavy atom. The van der Waals surface area contributed by atoms with Crippen LogP contribution in [0.5, 0.6) is 0 Å². The number of nitrogens with zero attached hydrogens (tertiary/aromatic N) is 1. The molecule has 2 N–H and O–H groups in total. The number of nitrogens with one attached hydrogen (secondary N) is 1. The summed E-state index contributed by atoms with van der Waals surface area (Å²) in [7, 11) is -3.59. The van der Waals surface area contributed by atoms with Crippen molar-refractivity contribution in [3.05, 3.63) is 53.9 Å². The van der Waals surface area contributed by atoms with E-state index in [0.29, 0.717) is 5.69 Å². The van der Waals surface area contributed by atoms with Gasteiger partial charge in [-0.2, -0.15) is 0 Å². The van der Waals surface area contributed by atoms with E-state index in [0.717, 1.165) is 5.56 Å². The summed E-state index contributed by atoms with van der Waals surface area (Å²) >= 11 is 0. The molecular formula is C15H20N2O3S. The highest BCUT2D eigenvalue weighted by Gasteiger charge is 2.18. The van der Waals surface area contributed by atoms with Crippen molar-refractivity contribution in [2.45, 2.75) is 37.9 Å². The molecule has 1 aromatic carbocycles. The van der Waals surface area contributed by atoms with Gasteiger partial charge in [-0.1, -0.05) is 30.3 Å². The summed E-state index contributed by atoms with van der Waals surface area (Å²) in [5.74, 6) is 0. The summed E-state index contributed by atoms with van der Waals surface area (Å²) in [5.41, 5.74) is 1.48. The van der Waals surface area contributed by atoms with Crippen LogP contribution in [0.25, 0.3) is 0 Å². The lowest BCUT2D eigenvalue weighted by Gasteiger charge is -2.10. The van der Waals surface area contributed by atoms with Gasteiger partial charge in [-0.15, -0.1) is 0 Å². The maximum atomic E-state index is 12.3. The van der Waals surface area contributed by atoms with E-state index in [-0.39, 0.29) is 24.1 Å². The molecule has 1 heterocycles. The van der Waals surface area contributed by atoms with Gasteiger partial charge in [-0.05, 0) is 25.5 Å². The predicted molar refractivity (Wildman–Crippen MR) is 81.2 cm³/mol. The number of aliphatic hydroxyl groups is 1. The maximum Gasteiger partial charge on any atom is 0.242 e. The molecular weight excluding hydrogens is 288 g/mol. The van der Waals surface area contributed by atoms with E-state index in [2.05, 4.69) is 4.72 Å². The van der Waals surface area contributed by atoms with Gasteiger partial charge in [0, 0.05) is 24.5 Å². The Morgan fingerprint density at radius 1 is 1.24 bits per heavy atom. The van der Waals surface area contributed by atoms with Gasteiger partial charge < -0.3 is 9.67 Å². The summed E-state index contributed by atoms with van der Waals surface area (Å²) in [6, 6.07) is 10.9. The smallest absolute Gasteiger partial charge is 0.242 e. The number of aromatic nitrogens is 1. The van der Waals surface area contributed by atoms with Crippen LogP contribution in [0, 0.1) is 0 Å². The van der Waals surface area contributed by atoms with Gasteiger partial charge in [0.2, 0.25) is 10.0 Å². The number of hydrogen-bond acceptors (Lipinski definition) is 3. The molecule has 0 saturated heterocycles. The minimum Gasteiger partial charge on any atom is -0.390 e. The van der Waals surface area contributed by atoms with Crippen LogP contribution >= 0.6 is 0 Å². The average Bonchev–Trinajstić information content (AvgIpc) is 2.92. The standard InChI is InChI=1S/C15H20N2O3S/c1-12(2)17-10-15(8-14(17)11-18)21(19,20)16-9-13-6-4-3-5-7-13/h3-8,10,12,16,18H,9,11H2,1-2H3. The number of sulfonamides is 1. The molecule has 0 saturated carbocycles.